The Kier molecular flexibility index (Phi) is 11.2. The molecular formula is C40H44N4O4+2. The van der Waals surface area contributed by atoms with Gasteiger partial charge in [-0.3, -0.25) is 4.79 Å². The van der Waals surface area contributed by atoms with Crippen LogP contribution in [0.4, 0.5) is 11.4 Å². The molecule has 8 heteroatoms. The minimum absolute atomic E-state index is 0.120. The summed E-state index contributed by atoms with van der Waals surface area (Å²) in [6.07, 6.45) is 10.0. The molecule has 0 saturated heterocycles. The largest absolute Gasteiger partial charge is 0.493 e. The van der Waals surface area contributed by atoms with E-state index in [1.807, 2.05) is 134 Å². The highest BCUT2D eigenvalue weighted by atomic mass is 16.5. The van der Waals surface area contributed by atoms with E-state index in [4.69, 9.17) is 4.74 Å². The molecule has 2 aromatic heterocycles. The van der Waals surface area contributed by atoms with Crippen LogP contribution in [0.3, 0.4) is 0 Å². The Bertz CT molecular complexity index is 1940. The van der Waals surface area contributed by atoms with Crippen molar-refractivity contribution in [3.05, 3.63) is 115 Å². The molecule has 2 N–H and O–H groups in total. The molecule has 48 heavy (non-hydrogen) atoms. The van der Waals surface area contributed by atoms with Crippen LogP contribution in [0.25, 0.3) is 33.8 Å². The number of hydrogen-bond acceptors (Lipinski definition) is 4. The molecule has 0 aliphatic rings. The number of hydrogen-bond donors (Lipinski definition) is 2. The Morgan fingerprint density at radius 1 is 0.896 bits per heavy atom. The van der Waals surface area contributed by atoms with Gasteiger partial charge in [-0.25, -0.2) is 9.36 Å². The Morgan fingerprint density at radius 2 is 1.71 bits per heavy atom. The highest BCUT2D eigenvalue weighted by Crippen LogP contribution is 2.31. The molecule has 0 radical (unpaired) electrons. The van der Waals surface area contributed by atoms with E-state index in [2.05, 4.69) is 12.2 Å². The lowest BCUT2D eigenvalue weighted by molar-refractivity contribution is -0.660. The summed E-state index contributed by atoms with van der Waals surface area (Å²) in [6, 6.07) is 29.3. The molecule has 5 rings (SSSR count). The number of aryl methyl sites for hydroxylation is 1. The van der Waals surface area contributed by atoms with Crippen molar-refractivity contribution in [1.29, 1.82) is 0 Å². The Labute approximate surface area is 282 Å². The Morgan fingerprint density at radius 3 is 2.46 bits per heavy atom. The molecule has 0 aliphatic carbocycles. The number of pyridine rings is 2. The third-order valence-electron chi connectivity index (χ3n) is 8.29. The van der Waals surface area contributed by atoms with Crippen LogP contribution < -0.4 is 24.1 Å². The zero-order valence-electron chi connectivity index (χ0n) is 28.1. The second kappa shape index (κ2) is 15.9. The standard InChI is InChI=1S/C40H42N4O4/c1-5-6-7-11-23-48-38-27-34(42(2)3)18-16-32(38)25-35(40(47)41-33-14-9-8-10-15-33)29-20-22-43(4)37(26-29)31-17-19-36-30(24-31)13-12-21-44(36)28-39(45)46/h8-10,12-22,24-27H,5-7,11,23,28H2,1-4H3/p+2. The number of carboxylic acids is 1. The second-order valence-corrected chi connectivity index (χ2v) is 12.1. The molecule has 2 heterocycles. The van der Waals surface area contributed by atoms with Gasteiger partial charge in [0.05, 0.1) is 6.61 Å². The summed E-state index contributed by atoms with van der Waals surface area (Å²) in [5.74, 6) is -0.404. The van der Waals surface area contributed by atoms with Crippen molar-refractivity contribution in [2.45, 2.75) is 39.2 Å². The first-order valence-corrected chi connectivity index (χ1v) is 16.4. The maximum atomic E-state index is 14.1. The number of fused-ring (bicyclic) bond motifs is 1. The molecule has 0 fully saturated rings. The lowest BCUT2D eigenvalue weighted by Crippen LogP contribution is -2.38. The van der Waals surface area contributed by atoms with Gasteiger partial charge < -0.3 is 20.1 Å². The van der Waals surface area contributed by atoms with Gasteiger partial charge in [-0.15, -0.1) is 0 Å². The number of nitrogens with one attached hydrogen (secondary N) is 1. The van der Waals surface area contributed by atoms with E-state index in [0.29, 0.717) is 17.9 Å². The van der Waals surface area contributed by atoms with Crippen molar-refractivity contribution in [2.75, 3.05) is 30.9 Å². The van der Waals surface area contributed by atoms with Crippen molar-refractivity contribution in [1.82, 2.24) is 0 Å². The number of para-hydroxylation sites is 1. The minimum Gasteiger partial charge on any atom is -0.493 e. The van der Waals surface area contributed by atoms with E-state index in [1.54, 1.807) is 10.8 Å². The fourth-order valence-corrected chi connectivity index (χ4v) is 5.66. The van der Waals surface area contributed by atoms with Crippen molar-refractivity contribution >= 4 is 45.8 Å². The van der Waals surface area contributed by atoms with Gasteiger partial charge in [0.1, 0.15) is 12.8 Å². The third-order valence-corrected chi connectivity index (χ3v) is 8.29. The molecule has 0 saturated carbocycles. The number of carbonyl (C=O) groups excluding carboxylic acids is 1. The summed E-state index contributed by atoms with van der Waals surface area (Å²) in [5, 5.41) is 13.4. The topological polar surface area (TPSA) is 86.6 Å². The van der Waals surface area contributed by atoms with Gasteiger partial charge in [0, 0.05) is 77.9 Å². The number of carbonyl (C=O) groups is 2. The molecule has 0 aliphatic heterocycles. The van der Waals surface area contributed by atoms with Crippen molar-refractivity contribution < 1.29 is 28.6 Å². The first-order valence-electron chi connectivity index (χ1n) is 16.4. The van der Waals surface area contributed by atoms with E-state index in [0.717, 1.165) is 64.0 Å². The molecule has 0 atom stereocenters. The van der Waals surface area contributed by atoms with Crippen molar-refractivity contribution in [3.63, 3.8) is 0 Å². The maximum Gasteiger partial charge on any atom is 0.370 e. The van der Waals surface area contributed by atoms with Crippen LogP contribution in [-0.4, -0.2) is 37.7 Å². The number of aromatic nitrogens is 2. The first kappa shape index (κ1) is 33.9. The molecular weight excluding hydrogens is 600 g/mol. The summed E-state index contributed by atoms with van der Waals surface area (Å²) in [5.41, 5.74) is 6.44. The first-order chi connectivity index (χ1) is 23.2. The van der Waals surface area contributed by atoms with Crippen molar-refractivity contribution in [3.8, 4) is 17.0 Å². The lowest BCUT2D eigenvalue weighted by Gasteiger charge is -2.17. The van der Waals surface area contributed by atoms with E-state index >= 15 is 0 Å². The number of nitrogens with zero attached hydrogens (tertiary/aromatic N) is 3. The van der Waals surface area contributed by atoms with Gasteiger partial charge in [0.25, 0.3) is 5.91 Å². The number of ether oxygens (including phenoxy) is 1. The number of amides is 1. The van der Waals surface area contributed by atoms with E-state index in [9.17, 15) is 14.7 Å². The normalized spacial score (nSPS) is 11.4. The number of anilines is 2. The van der Waals surface area contributed by atoms with Crippen molar-refractivity contribution in [2.24, 2.45) is 7.05 Å². The Balaban J connectivity index is 1.59. The number of carboxylic acid groups (broad SMARTS) is 1. The zero-order valence-corrected chi connectivity index (χ0v) is 28.1. The quantitative estimate of drug-likeness (QED) is 0.0780. The molecule has 1 amide bonds. The minimum atomic E-state index is -0.898. The second-order valence-electron chi connectivity index (χ2n) is 12.1. The van der Waals surface area contributed by atoms with E-state index < -0.39 is 5.97 Å². The van der Waals surface area contributed by atoms with Crippen LogP contribution in [0, 0.1) is 0 Å². The lowest BCUT2D eigenvalue weighted by atomic mass is 9.98. The van der Waals surface area contributed by atoms with Crippen LogP contribution in [-0.2, 0) is 23.2 Å². The summed E-state index contributed by atoms with van der Waals surface area (Å²) in [6.45, 7) is 2.67. The number of benzene rings is 3. The monoisotopic (exact) mass is 644 g/mol. The van der Waals surface area contributed by atoms with Gasteiger partial charge in [-0.1, -0.05) is 44.4 Å². The van der Waals surface area contributed by atoms with E-state index in [-0.39, 0.29) is 12.5 Å². The molecule has 246 valence electrons. The fraction of sp³-hybridized carbons (Fsp3) is 0.250. The highest BCUT2D eigenvalue weighted by molar-refractivity contribution is 6.29. The zero-order chi connectivity index (χ0) is 34.0. The van der Waals surface area contributed by atoms with Gasteiger partial charge in [0.2, 0.25) is 17.8 Å². The predicted molar refractivity (Wildman–Crippen MR) is 192 cm³/mol. The Hall–Kier alpha value is -5.50. The van der Waals surface area contributed by atoms with Crippen LogP contribution >= 0.6 is 0 Å². The van der Waals surface area contributed by atoms with Crippen LogP contribution in [0.15, 0.2) is 103 Å². The summed E-state index contributed by atoms with van der Waals surface area (Å²) in [4.78, 5) is 27.6. The van der Waals surface area contributed by atoms with E-state index in [1.165, 1.54) is 6.42 Å². The average Bonchev–Trinajstić information content (AvgIpc) is 3.08. The molecule has 0 bridgehead atoms. The molecule has 8 nitrogen and oxygen atoms in total. The van der Waals surface area contributed by atoms with Crippen LogP contribution in [0.2, 0.25) is 0 Å². The molecule has 3 aromatic carbocycles. The smallest absolute Gasteiger partial charge is 0.370 e. The van der Waals surface area contributed by atoms with Gasteiger partial charge in [-0.2, -0.15) is 4.57 Å². The van der Waals surface area contributed by atoms with Gasteiger partial charge >= 0.3 is 5.97 Å². The summed E-state index contributed by atoms with van der Waals surface area (Å²) >= 11 is 0. The number of unbranched alkanes of at least 4 members (excludes halogenated alkanes) is 3. The SMILES string of the molecule is CCCCCCOc1cc(N(C)C)ccc1/C=C(\C(=O)Nc1ccccc1)c1cc[n+](C)c(-c2ccc3c(ccc[n+]3CC(=O)O)c2)c1. The molecule has 0 spiro atoms. The third kappa shape index (κ3) is 8.45. The average molecular weight is 645 g/mol. The van der Waals surface area contributed by atoms with Gasteiger partial charge in [0.15, 0.2) is 12.4 Å². The fourth-order valence-electron chi connectivity index (χ4n) is 5.66. The maximum absolute atomic E-state index is 14.1. The van der Waals surface area contributed by atoms with Gasteiger partial charge in [-0.05, 0) is 60.5 Å². The predicted octanol–water partition coefficient (Wildman–Crippen LogP) is 6.91. The summed E-state index contributed by atoms with van der Waals surface area (Å²) < 4.78 is 10.1. The number of aliphatic carboxylic acids is 1. The number of rotatable bonds is 14. The molecule has 5 aromatic rings. The molecule has 0 unspecified atom stereocenters. The summed E-state index contributed by atoms with van der Waals surface area (Å²) in [7, 11) is 5.97. The van der Waals surface area contributed by atoms with Crippen LogP contribution in [0.1, 0.15) is 43.7 Å². The van der Waals surface area contributed by atoms with Crippen LogP contribution in [0.5, 0.6) is 5.75 Å². The highest BCUT2D eigenvalue weighted by Gasteiger charge is 2.21.